The van der Waals surface area contributed by atoms with Crippen molar-refractivity contribution in [2.75, 3.05) is 4.61 Å². The molecule has 0 saturated carbocycles. The van der Waals surface area contributed by atoms with Crippen molar-refractivity contribution in [1.29, 1.82) is 0 Å². The maximum absolute atomic E-state index is 11.4. The van der Waals surface area contributed by atoms with Gasteiger partial charge in [-0.2, -0.15) is 0 Å². The molecular formula is C14H17IO4. The third-order valence-corrected chi connectivity index (χ3v) is 2.78. The van der Waals surface area contributed by atoms with Crippen molar-refractivity contribution in [3.05, 3.63) is 35.9 Å². The van der Waals surface area contributed by atoms with Crippen molar-refractivity contribution in [2.24, 2.45) is 0 Å². The summed E-state index contributed by atoms with van der Waals surface area (Å²) in [6, 6.07) is 9.55. The predicted octanol–water partition coefficient (Wildman–Crippen LogP) is 3.23. The Morgan fingerprint density at radius 1 is 0.947 bits per heavy atom. The first-order chi connectivity index (χ1) is 9.22. The largest absolute Gasteiger partial charge is 0.461 e. The summed E-state index contributed by atoms with van der Waals surface area (Å²) in [4.78, 5) is 22.5. The standard InChI is InChI=1S/C14H17IO4/c15-11-19-14(17)9-5-4-8-13(16)18-10-12-6-2-1-3-7-12/h1-3,6-7H,4-5,8-11H2. The predicted molar refractivity (Wildman–Crippen MR) is 79.7 cm³/mol. The second-order valence-electron chi connectivity index (χ2n) is 3.98. The Kier molecular flexibility index (Phi) is 8.20. The molecule has 0 N–H and O–H groups in total. The van der Waals surface area contributed by atoms with Gasteiger partial charge in [-0.05, 0) is 41.0 Å². The van der Waals surface area contributed by atoms with Crippen LogP contribution in [0.3, 0.4) is 0 Å². The van der Waals surface area contributed by atoms with Gasteiger partial charge >= 0.3 is 11.9 Å². The number of benzene rings is 1. The summed E-state index contributed by atoms with van der Waals surface area (Å²) >= 11 is 1.97. The van der Waals surface area contributed by atoms with Crippen LogP contribution in [0, 0.1) is 0 Å². The first-order valence-electron chi connectivity index (χ1n) is 6.13. The molecule has 0 aliphatic heterocycles. The number of esters is 2. The number of carbonyl (C=O) groups is 2. The van der Waals surface area contributed by atoms with Crippen LogP contribution >= 0.6 is 22.6 Å². The molecule has 0 amide bonds. The maximum Gasteiger partial charge on any atom is 0.306 e. The number of alkyl halides is 1. The van der Waals surface area contributed by atoms with E-state index in [4.69, 9.17) is 9.47 Å². The summed E-state index contributed by atoms with van der Waals surface area (Å²) in [7, 11) is 0. The van der Waals surface area contributed by atoms with Crippen LogP contribution < -0.4 is 0 Å². The number of hydrogen-bond donors (Lipinski definition) is 0. The average molecular weight is 376 g/mol. The zero-order valence-corrected chi connectivity index (χ0v) is 12.8. The molecule has 1 aromatic rings. The van der Waals surface area contributed by atoms with Crippen molar-refractivity contribution < 1.29 is 19.1 Å². The highest BCUT2D eigenvalue weighted by Crippen LogP contribution is 2.06. The van der Waals surface area contributed by atoms with Gasteiger partial charge in [-0.3, -0.25) is 9.59 Å². The van der Waals surface area contributed by atoms with E-state index in [9.17, 15) is 9.59 Å². The summed E-state index contributed by atoms with van der Waals surface area (Å²) in [6.07, 6.45) is 1.99. The topological polar surface area (TPSA) is 52.6 Å². The van der Waals surface area contributed by atoms with Gasteiger partial charge in [-0.25, -0.2) is 0 Å². The van der Waals surface area contributed by atoms with E-state index in [-0.39, 0.29) is 11.9 Å². The highest BCUT2D eigenvalue weighted by Gasteiger charge is 2.05. The van der Waals surface area contributed by atoms with Crippen LogP contribution in [0.5, 0.6) is 0 Å². The summed E-state index contributed by atoms with van der Waals surface area (Å²) in [5.41, 5.74) is 0.974. The Balaban J connectivity index is 2.07. The van der Waals surface area contributed by atoms with Crippen LogP contribution in [0.25, 0.3) is 0 Å². The second kappa shape index (κ2) is 9.77. The maximum atomic E-state index is 11.4. The summed E-state index contributed by atoms with van der Waals surface area (Å²) in [5, 5.41) is 0. The van der Waals surface area contributed by atoms with Crippen LogP contribution in [0.1, 0.15) is 31.2 Å². The molecule has 1 aromatic carbocycles. The first kappa shape index (κ1) is 15.9. The fourth-order valence-corrected chi connectivity index (χ4v) is 1.83. The zero-order valence-electron chi connectivity index (χ0n) is 10.6. The lowest BCUT2D eigenvalue weighted by Gasteiger charge is -2.04. The van der Waals surface area contributed by atoms with Crippen LogP contribution in [-0.4, -0.2) is 16.6 Å². The lowest BCUT2D eigenvalue weighted by atomic mass is 10.2. The Hall–Kier alpha value is -1.11. The zero-order chi connectivity index (χ0) is 13.9. The smallest absolute Gasteiger partial charge is 0.306 e. The number of carbonyl (C=O) groups excluding carboxylic acids is 2. The normalized spacial score (nSPS) is 9.95. The van der Waals surface area contributed by atoms with Gasteiger partial charge in [0.25, 0.3) is 0 Å². The Morgan fingerprint density at radius 2 is 1.53 bits per heavy atom. The minimum atomic E-state index is -0.230. The molecule has 5 heteroatoms. The van der Waals surface area contributed by atoms with E-state index in [2.05, 4.69) is 0 Å². The number of halogens is 1. The lowest BCUT2D eigenvalue weighted by molar-refractivity contribution is -0.146. The van der Waals surface area contributed by atoms with Crippen LogP contribution in [0.15, 0.2) is 30.3 Å². The third-order valence-electron chi connectivity index (χ3n) is 2.47. The summed E-state index contributed by atoms with van der Waals surface area (Å²) in [6.45, 7) is 0.302. The van der Waals surface area contributed by atoms with Crippen molar-refractivity contribution >= 4 is 34.5 Å². The molecule has 0 radical (unpaired) electrons. The molecule has 104 valence electrons. The molecule has 0 aliphatic carbocycles. The number of hydrogen-bond acceptors (Lipinski definition) is 4. The number of unbranched alkanes of at least 4 members (excludes halogenated alkanes) is 1. The molecule has 0 unspecified atom stereocenters. The third kappa shape index (κ3) is 7.81. The van der Waals surface area contributed by atoms with E-state index in [1.165, 1.54) is 0 Å². The molecule has 0 saturated heterocycles. The average Bonchev–Trinajstić information content (AvgIpc) is 2.43. The quantitative estimate of drug-likeness (QED) is 0.303. The van der Waals surface area contributed by atoms with E-state index >= 15 is 0 Å². The van der Waals surface area contributed by atoms with Crippen molar-refractivity contribution in [3.8, 4) is 0 Å². The number of rotatable bonds is 8. The fourth-order valence-electron chi connectivity index (χ4n) is 1.48. The molecule has 1 rings (SSSR count). The molecule has 0 heterocycles. The Morgan fingerprint density at radius 3 is 2.11 bits per heavy atom. The van der Waals surface area contributed by atoms with Crippen molar-refractivity contribution in [2.45, 2.75) is 32.3 Å². The first-order valence-corrected chi connectivity index (χ1v) is 7.66. The fraction of sp³-hybridized carbons (Fsp3) is 0.429. The SMILES string of the molecule is O=C(CCCCC(=O)OCc1ccccc1)OCI. The Bertz CT molecular complexity index is 392. The monoisotopic (exact) mass is 376 g/mol. The van der Waals surface area contributed by atoms with E-state index in [1.54, 1.807) is 0 Å². The molecule has 4 nitrogen and oxygen atoms in total. The lowest BCUT2D eigenvalue weighted by Crippen LogP contribution is -2.06. The second-order valence-corrected chi connectivity index (χ2v) is 4.60. The van der Waals surface area contributed by atoms with Crippen molar-refractivity contribution in [3.63, 3.8) is 0 Å². The van der Waals surface area contributed by atoms with E-state index in [0.717, 1.165) is 5.56 Å². The summed E-state index contributed by atoms with van der Waals surface area (Å²) < 4.78 is 10.3. The molecule has 0 fully saturated rings. The van der Waals surface area contributed by atoms with Crippen LogP contribution in [0.4, 0.5) is 0 Å². The molecule has 19 heavy (non-hydrogen) atoms. The van der Waals surface area contributed by atoms with E-state index in [1.807, 2.05) is 52.9 Å². The highest BCUT2D eigenvalue weighted by molar-refractivity contribution is 14.1. The van der Waals surface area contributed by atoms with Gasteiger partial charge < -0.3 is 9.47 Å². The van der Waals surface area contributed by atoms with Gasteiger partial charge in [0.05, 0.1) is 0 Å². The van der Waals surface area contributed by atoms with Gasteiger partial charge in [0.2, 0.25) is 0 Å². The molecule has 0 aliphatic rings. The molecule has 0 aromatic heterocycles. The highest BCUT2D eigenvalue weighted by atomic mass is 127. The van der Waals surface area contributed by atoms with Gasteiger partial charge in [0.1, 0.15) is 11.2 Å². The molecule has 0 spiro atoms. The minimum absolute atomic E-state index is 0.216. The van der Waals surface area contributed by atoms with Crippen LogP contribution in [-0.2, 0) is 25.7 Å². The molecule has 0 bridgehead atoms. The van der Waals surface area contributed by atoms with Gasteiger partial charge in [-0.1, -0.05) is 30.3 Å². The molecule has 0 atom stereocenters. The Labute approximate surface area is 126 Å². The van der Waals surface area contributed by atoms with Gasteiger partial charge in [0.15, 0.2) is 0 Å². The van der Waals surface area contributed by atoms with Gasteiger partial charge in [-0.15, -0.1) is 0 Å². The van der Waals surface area contributed by atoms with E-state index < -0.39 is 0 Å². The van der Waals surface area contributed by atoms with Crippen LogP contribution in [0.2, 0.25) is 0 Å². The summed E-state index contributed by atoms with van der Waals surface area (Å²) in [5.74, 6) is -0.446. The molecular weight excluding hydrogens is 359 g/mol. The van der Waals surface area contributed by atoms with Crippen molar-refractivity contribution in [1.82, 2.24) is 0 Å². The van der Waals surface area contributed by atoms with Gasteiger partial charge in [0, 0.05) is 12.8 Å². The van der Waals surface area contributed by atoms with E-state index in [0.29, 0.717) is 36.9 Å². The number of ether oxygens (including phenoxy) is 2. The minimum Gasteiger partial charge on any atom is -0.461 e.